The second-order valence-electron chi connectivity index (χ2n) is 4.36. The number of fused-ring (bicyclic) bond motifs is 1. The van der Waals surface area contributed by atoms with E-state index >= 15 is 0 Å². The summed E-state index contributed by atoms with van der Waals surface area (Å²) in [5.74, 6) is -0.390. The van der Waals surface area contributed by atoms with Crippen molar-refractivity contribution in [3.63, 3.8) is 0 Å². The van der Waals surface area contributed by atoms with Crippen molar-refractivity contribution in [2.24, 2.45) is 0 Å². The molecular formula is C15H10Cl2FN. The van der Waals surface area contributed by atoms with E-state index in [1.807, 2.05) is 24.3 Å². The number of rotatable bonds is 1. The highest BCUT2D eigenvalue weighted by Crippen LogP contribution is 2.34. The van der Waals surface area contributed by atoms with Gasteiger partial charge in [0.25, 0.3) is 0 Å². The molecule has 0 amide bonds. The summed E-state index contributed by atoms with van der Waals surface area (Å²) in [5, 5.41) is 4.05. The maximum Gasteiger partial charge on any atom is 0.149 e. The van der Waals surface area contributed by atoms with Crippen LogP contribution >= 0.6 is 23.2 Å². The Balaban J connectivity index is 2.06. The Morgan fingerprint density at radius 3 is 2.84 bits per heavy atom. The summed E-state index contributed by atoms with van der Waals surface area (Å²) < 4.78 is 13.9. The molecule has 0 saturated heterocycles. The average Bonchev–Trinajstić information content (AvgIpc) is 2.77. The maximum absolute atomic E-state index is 13.9. The molecular weight excluding hydrogens is 284 g/mol. The van der Waals surface area contributed by atoms with Crippen molar-refractivity contribution < 1.29 is 4.39 Å². The first kappa shape index (κ1) is 12.5. The fourth-order valence-corrected chi connectivity index (χ4v) is 2.53. The van der Waals surface area contributed by atoms with E-state index in [2.05, 4.69) is 5.32 Å². The molecule has 19 heavy (non-hydrogen) atoms. The molecule has 1 N–H and O–H groups in total. The number of hydrogen-bond acceptors (Lipinski definition) is 1. The number of anilines is 1. The molecule has 0 saturated carbocycles. The van der Waals surface area contributed by atoms with Crippen LogP contribution in [0.4, 0.5) is 10.1 Å². The molecule has 1 aliphatic rings. The van der Waals surface area contributed by atoms with E-state index in [-0.39, 0.29) is 10.8 Å². The van der Waals surface area contributed by atoms with Crippen LogP contribution in [0.1, 0.15) is 11.1 Å². The summed E-state index contributed by atoms with van der Waals surface area (Å²) in [5.41, 5.74) is 3.53. The van der Waals surface area contributed by atoms with E-state index in [1.54, 1.807) is 18.2 Å². The largest absolute Gasteiger partial charge is 0.380 e. The van der Waals surface area contributed by atoms with Gasteiger partial charge in [0, 0.05) is 28.4 Å². The van der Waals surface area contributed by atoms with Crippen molar-refractivity contribution >= 4 is 40.5 Å². The van der Waals surface area contributed by atoms with E-state index in [0.717, 1.165) is 16.8 Å². The molecule has 4 heteroatoms. The van der Waals surface area contributed by atoms with E-state index in [1.165, 1.54) is 0 Å². The smallest absolute Gasteiger partial charge is 0.149 e. The summed E-state index contributed by atoms with van der Waals surface area (Å²) in [6.07, 6.45) is 1.81. The standard InChI is InChI=1S/C15H10Cl2FN/c16-11-4-5-12-10(8-19-14(12)7-11)6-9-2-1-3-13(17)15(9)18/h1-7,19H,8H2. The first-order valence-electron chi connectivity index (χ1n) is 5.83. The highest BCUT2D eigenvalue weighted by atomic mass is 35.5. The summed E-state index contributed by atoms with van der Waals surface area (Å²) in [7, 11) is 0. The molecule has 0 aromatic heterocycles. The van der Waals surface area contributed by atoms with Gasteiger partial charge in [-0.25, -0.2) is 4.39 Å². The van der Waals surface area contributed by atoms with Crippen molar-refractivity contribution in [2.45, 2.75) is 0 Å². The molecule has 2 aromatic rings. The summed E-state index contributed by atoms with van der Waals surface area (Å²) in [6, 6.07) is 10.6. The fraction of sp³-hybridized carbons (Fsp3) is 0.0667. The zero-order valence-corrected chi connectivity index (χ0v) is 11.4. The van der Waals surface area contributed by atoms with Crippen molar-refractivity contribution in [2.75, 3.05) is 11.9 Å². The van der Waals surface area contributed by atoms with Crippen LogP contribution in [0.2, 0.25) is 10.0 Å². The predicted molar refractivity (Wildman–Crippen MR) is 79.2 cm³/mol. The van der Waals surface area contributed by atoms with Gasteiger partial charge in [0.15, 0.2) is 0 Å². The van der Waals surface area contributed by atoms with E-state index in [9.17, 15) is 4.39 Å². The second kappa shape index (κ2) is 4.87. The van der Waals surface area contributed by atoms with Crippen LogP contribution in [0.15, 0.2) is 36.4 Å². The number of benzene rings is 2. The predicted octanol–water partition coefficient (Wildman–Crippen LogP) is 5.10. The van der Waals surface area contributed by atoms with Crippen LogP contribution in [0.25, 0.3) is 11.6 Å². The van der Waals surface area contributed by atoms with Crippen molar-refractivity contribution in [3.8, 4) is 0 Å². The lowest BCUT2D eigenvalue weighted by Crippen LogP contribution is -1.92. The van der Waals surface area contributed by atoms with Crippen LogP contribution in [0.5, 0.6) is 0 Å². The lowest BCUT2D eigenvalue weighted by molar-refractivity contribution is 0.625. The molecule has 0 bridgehead atoms. The van der Waals surface area contributed by atoms with Gasteiger partial charge in [0.2, 0.25) is 0 Å². The molecule has 0 spiro atoms. The zero-order chi connectivity index (χ0) is 13.4. The first-order valence-corrected chi connectivity index (χ1v) is 6.59. The Labute approximate surface area is 120 Å². The molecule has 0 fully saturated rings. The highest BCUT2D eigenvalue weighted by Gasteiger charge is 2.16. The lowest BCUT2D eigenvalue weighted by atomic mass is 10.0. The fourth-order valence-electron chi connectivity index (χ4n) is 2.18. The van der Waals surface area contributed by atoms with Crippen LogP contribution in [-0.2, 0) is 0 Å². The number of hydrogen-bond donors (Lipinski definition) is 1. The molecule has 1 aliphatic heterocycles. The SMILES string of the molecule is Fc1c(Cl)cccc1C=C1CNc2cc(Cl)ccc21. The third-order valence-electron chi connectivity index (χ3n) is 3.11. The first-order chi connectivity index (χ1) is 9.15. The van der Waals surface area contributed by atoms with Gasteiger partial charge < -0.3 is 5.32 Å². The molecule has 3 rings (SSSR count). The van der Waals surface area contributed by atoms with Gasteiger partial charge in [-0.15, -0.1) is 0 Å². The monoisotopic (exact) mass is 293 g/mol. The van der Waals surface area contributed by atoms with Gasteiger partial charge in [-0.1, -0.05) is 41.4 Å². The highest BCUT2D eigenvalue weighted by molar-refractivity contribution is 6.31. The quantitative estimate of drug-likeness (QED) is 0.771. The summed E-state index contributed by atoms with van der Waals surface area (Å²) in [6.45, 7) is 0.654. The summed E-state index contributed by atoms with van der Waals surface area (Å²) in [4.78, 5) is 0. The molecule has 96 valence electrons. The zero-order valence-electron chi connectivity index (χ0n) is 9.88. The third-order valence-corrected chi connectivity index (χ3v) is 3.64. The molecule has 0 aliphatic carbocycles. The van der Waals surface area contributed by atoms with Crippen molar-refractivity contribution in [3.05, 3.63) is 63.4 Å². The van der Waals surface area contributed by atoms with Gasteiger partial charge >= 0.3 is 0 Å². The van der Waals surface area contributed by atoms with Crippen molar-refractivity contribution in [1.29, 1.82) is 0 Å². The molecule has 0 radical (unpaired) electrons. The topological polar surface area (TPSA) is 12.0 Å². The molecule has 2 aromatic carbocycles. The van der Waals surface area contributed by atoms with Crippen LogP contribution < -0.4 is 5.32 Å². The van der Waals surface area contributed by atoms with Crippen LogP contribution in [0, 0.1) is 5.82 Å². The lowest BCUT2D eigenvalue weighted by Gasteiger charge is -2.02. The van der Waals surface area contributed by atoms with Gasteiger partial charge in [0.1, 0.15) is 5.82 Å². The maximum atomic E-state index is 13.9. The van der Waals surface area contributed by atoms with Gasteiger partial charge in [-0.05, 0) is 29.8 Å². The third kappa shape index (κ3) is 2.34. The molecule has 1 heterocycles. The molecule has 1 nitrogen and oxygen atoms in total. The van der Waals surface area contributed by atoms with E-state index in [4.69, 9.17) is 23.2 Å². The van der Waals surface area contributed by atoms with Gasteiger partial charge in [-0.3, -0.25) is 0 Å². The average molecular weight is 294 g/mol. The summed E-state index contributed by atoms with van der Waals surface area (Å²) >= 11 is 11.7. The van der Waals surface area contributed by atoms with Gasteiger partial charge in [-0.2, -0.15) is 0 Å². The Kier molecular flexibility index (Phi) is 3.21. The normalized spacial score (nSPS) is 15.4. The van der Waals surface area contributed by atoms with E-state index < -0.39 is 0 Å². The minimum atomic E-state index is -0.390. The van der Waals surface area contributed by atoms with Gasteiger partial charge in [0.05, 0.1) is 5.02 Å². The minimum absolute atomic E-state index is 0.136. The molecule has 0 atom stereocenters. The Hall–Kier alpha value is -1.51. The van der Waals surface area contributed by atoms with Crippen LogP contribution in [0.3, 0.4) is 0 Å². The Morgan fingerprint density at radius 1 is 1.16 bits per heavy atom. The molecule has 0 unspecified atom stereocenters. The second-order valence-corrected chi connectivity index (χ2v) is 5.20. The Bertz CT molecular complexity index is 680. The minimum Gasteiger partial charge on any atom is -0.380 e. The Morgan fingerprint density at radius 2 is 2.00 bits per heavy atom. The van der Waals surface area contributed by atoms with Crippen molar-refractivity contribution in [1.82, 2.24) is 0 Å². The number of nitrogens with one attached hydrogen (secondary N) is 1. The number of halogens is 3. The van der Waals surface area contributed by atoms with Crippen LogP contribution in [-0.4, -0.2) is 6.54 Å². The van der Waals surface area contributed by atoms with E-state index in [0.29, 0.717) is 17.1 Å².